The van der Waals surface area contributed by atoms with Crippen molar-refractivity contribution in [3.8, 4) is 0 Å². The lowest BCUT2D eigenvalue weighted by atomic mass is 9.38. The minimum atomic E-state index is -2.95. The summed E-state index contributed by atoms with van der Waals surface area (Å²) in [5.41, 5.74) is -0.280. The van der Waals surface area contributed by atoms with Gasteiger partial charge < -0.3 is 10.6 Å². The molecule has 29 heavy (non-hydrogen) atoms. The molecule has 1 amide bonds. The molecule has 0 spiro atoms. The molecule has 1 aromatic carbocycles. The molecule has 4 aliphatic carbocycles. The summed E-state index contributed by atoms with van der Waals surface area (Å²) in [5, 5.41) is 5.43. The molecule has 0 radical (unpaired) electrons. The molecule has 1 aromatic rings. The van der Waals surface area contributed by atoms with Gasteiger partial charge in [-0.25, -0.2) is 8.78 Å². The summed E-state index contributed by atoms with van der Waals surface area (Å²) in [5.74, 6) is -2.95. The van der Waals surface area contributed by atoms with Crippen LogP contribution in [0.25, 0.3) is 0 Å². The maximum Gasteiger partial charge on any atom is 0.280 e. The SMILES string of the molecule is O=C(NC1CCNCC1(F)F)C12CC3C[C@@](CF)(C1)C[C@](c1ccccc1)(C3)C2. The van der Waals surface area contributed by atoms with Crippen molar-refractivity contribution < 1.29 is 18.0 Å². The summed E-state index contributed by atoms with van der Waals surface area (Å²) >= 11 is 0. The molecule has 1 heterocycles. The Balaban J connectivity index is 1.48. The van der Waals surface area contributed by atoms with Gasteiger partial charge in [-0.2, -0.15) is 0 Å². The molecule has 2 N–H and O–H groups in total. The lowest BCUT2D eigenvalue weighted by Crippen LogP contribution is -2.66. The molecule has 5 fully saturated rings. The lowest BCUT2D eigenvalue weighted by Gasteiger charge is -2.65. The smallest absolute Gasteiger partial charge is 0.280 e. The van der Waals surface area contributed by atoms with Gasteiger partial charge in [-0.15, -0.1) is 0 Å². The number of alkyl halides is 3. The van der Waals surface area contributed by atoms with E-state index in [4.69, 9.17) is 0 Å². The summed E-state index contributed by atoms with van der Waals surface area (Å²) in [6, 6.07) is 9.00. The number of hydrogen-bond acceptors (Lipinski definition) is 2. The maximum absolute atomic E-state index is 14.4. The molecule has 6 heteroatoms. The van der Waals surface area contributed by atoms with Gasteiger partial charge in [0, 0.05) is 5.41 Å². The fourth-order valence-electron chi connectivity index (χ4n) is 7.48. The normalized spacial score (nSPS) is 42.6. The third-order valence-electron chi connectivity index (χ3n) is 8.12. The summed E-state index contributed by atoms with van der Waals surface area (Å²) in [6.07, 6.45) is 4.60. The van der Waals surface area contributed by atoms with Gasteiger partial charge in [0.05, 0.1) is 24.7 Å². The number of hydrogen-bond donors (Lipinski definition) is 2. The first kappa shape index (κ1) is 19.4. The van der Waals surface area contributed by atoms with E-state index in [1.807, 2.05) is 18.2 Å². The Kier molecular flexibility index (Phi) is 4.33. The van der Waals surface area contributed by atoms with Crippen molar-refractivity contribution in [2.45, 2.75) is 62.3 Å². The van der Waals surface area contributed by atoms with Crippen LogP contribution < -0.4 is 10.6 Å². The topological polar surface area (TPSA) is 41.1 Å². The van der Waals surface area contributed by atoms with Gasteiger partial charge in [-0.1, -0.05) is 30.3 Å². The highest BCUT2D eigenvalue weighted by atomic mass is 19.3. The van der Waals surface area contributed by atoms with E-state index in [1.54, 1.807) is 0 Å². The molecule has 5 aliphatic rings. The average molecular weight is 406 g/mol. The number of piperidine rings is 1. The van der Waals surface area contributed by atoms with Gasteiger partial charge >= 0.3 is 0 Å². The largest absolute Gasteiger partial charge is 0.347 e. The Morgan fingerprint density at radius 2 is 1.90 bits per heavy atom. The molecule has 4 bridgehead atoms. The second-order valence-corrected chi connectivity index (χ2v) is 10.3. The molecule has 1 aliphatic heterocycles. The van der Waals surface area contributed by atoms with E-state index < -0.39 is 36.0 Å². The first-order chi connectivity index (χ1) is 13.8. The van der Waals surface area contributed by atoms with Crippen LogP contribution in [0, 0.1) is 16.7 Å². The number of halogens is 3. The zero-order valence-corrected chi connectivity index (χ0v) is 16.7. The number of nitrogens with one attached hydrogen (secondary N) is 2. The highest BCUT2D eigenvalue weighted by Gasteiger charge is 2.66. The van der Waals surface area contributed by atoms with Gasteiger partial charge in [0.1, 0.15) is 0 Å². The van der Waals surface area contributed by atoms with E-state index in [-0.39, 0.29) is 23.7 Å². The Bertz CT molecular complexity index is 803. The van der Waals surface area contributed by atoms with Crippen molar-refractivity contribution in [3.05, 3.63) is 35.9 Å². The average Bonchev–Trinajstić information content (AvgIpc) is 2.69. The predicted octanol–water partition coefficient (Wildman–Crippen LogP) is 3.98. The first-order valence-electron chi connectivity index (χ1n) is 10.8. The fraction of sp³-hybridized carbons (Fsp3) is 0.696. The second kappa shape index (κ2) is 6.47. The van der Waals surface area contributed by atoms with Gasteiger partial charge in [0.2, 0.25) is 5.91 Å². The molecule has 1 saturated heterocycles. The lowest BCUT2D eigenvalue weighted by molar-refractivity contribution is -0.168. The van der Waals surface area contributed by atoms with E-state index in [2.05, 4.69) is 22.8 Å². The van der Waals surface area contributed by atoms with E-state index in [0.29, 0.717) is 25.8 Å². The number of amides is 1. The van der Waals surface area contributed by atoms with Crippen LogP contribution >= 0.6 is 0 Å². The van der Waals surface area contributed by atoms with Crippen LogP contribution in [-0.4, -0.2) is 37.6 Å². The van der Waals surface area contributed by atoms with Crippen molar-refractivity contribution in [1.29, 1.82) is 0 Å². The summed E-state index contributed by atoms with van der Waals surface area (Å²) in [4.78, 5) is 13.5. The zero-order valence-electron chi connectivity index (χ0n) is 16.7. The van der Waals surface area contributed by atoms with Crippen LogP contribution in [0.4, 0.5) is 13.2 Å². The van der Waals surface area contributed by atoms with Gasteiger partial charge in [0.15, 0.2) is 0 Å². The molecule has 0 aromatic heterocycles. The van der Waals surface area contributed by atoms with Gasteiger partial charge in [-0.3, -0.25) is 9.18 Å². The quantitative estimate of drug-likeness (QED) is 0.794. The van der Waals surface area contributed by atoms with E-state index >= 15 is 0 Å². The van der Waals surface area contributed by atoms with Crippen LogP contribution in [0.5, 0.6) is 0 Å². The van der Waals surface area contributed by atoms with Crippen molar-refractivity contribution in [2.75, 3.05) is 19.8 Å². The Morgan fingerprint density at radius 3 is 2.62 bits per heavy atom. The zero-order chi connectivity index (χ0) is 20.3. The molecule has 158 valence electrons. The summed E-state index contributed by atoms with van der Waals surface area (Å²) in [6.45, 7) is -0.370. The second-order valence-electron chi connectivity index (χ2n) is 10.3. The minimum Gasteiger partial charge on any atom is -0.347 e. The minimum absolute atomic E-state index is 0.219. The van der Waals surface area contributed by atoms with Crippen LogP contribution in [0.3, 0.4) is 0 Å². The van der Waals surface area contributed by atoms with Crippen LogP contribution in [0.15, 0.2) is 30.3 Å². The van der Waals surface area contributed by atoms with Crippen molar-refractivity contribution in [3.63, 3.8) is 0 Å². The molecule has 5 atom stereocenters. The molecular formula is C23H29F3N2O. The van der Waals surface area contributed by atoms with Crippen LogP contribution in [-0.2, 0) is 10.2 Å². The highest BCUT2D eigenvalue weighted by molar-refractivity contribution is 5.84. The van der Waals surface area contributed by atoms with Crippen molar-refractivity contribution >= 4 is 5.91 Å². The maximum atomic E-state index is 14.4. The Hall–Kier alpha value is -1.56. The van der Waals surface area contributed by atoms with Gasteiger partial charge in [-0.05, 0) is 68.4 Å². The Morgan fingerprint density at radius 1 is 1.10 bits per heavy atom. The summed E-state index contributed by atoms with van der Waals surface area (Å²) < 4.78 is 43.1. The molecule has 4 saturated carbocycles. The molecule has 3 unspecified atom stereocenters. The predicted molar refractivity (Wildman–Crippen MR) is 105 cm³/mol. The Labute approximate surface area is 169 Å². The molecule has 3 nitrogen and oxygen atoms in total. The fourth-order valence-corrected chi connectivity index (χ4v) is 7.48. The number of carbonyl (C=O) groups excluding carboxylic acids is 1. The van der Waals surface area contributed by atoms with E-state index in [0.717, 1.165) is 19.3 Å². The van der Waals surface area contributed by atoms with Crippen molar-refractivity contribution in [2.24, 2.45) is 16.7 Å². The van der Waals surface area contributed by atoms with Crippen molar-refractivity contribution in [1.82, 2.24) is 10.6 Å². The highest BCUT2D eigenvalue weighted by Crippen LogP contribution is 2.70. The van der Waals surface area contributed by atoms with E-state index in [1.165, 1.54) is 5.56 Å². The third-order valence-corrected chi connectivity index (χ3v) is 8.12. The van der Waals surface area contributed by atoms with Crippen LogP contribution in [0.1, 0.15) is 50.5 Å². The monoisotopic (exact) mass is 406 g/mol. The summed E-state index contributed by atoms with van der Waals surface area (Å²) in [7, 11) is 0. The van der Waals surface area contributed by atoms with Crippen LogP contribution in [0.2, 0.25) is 0 Å². The molecule has 6 rings (SSSR count). The number of carbonyl (C=O) groups is 1. The first-order valence-corrected chi connectivity index (χ1v) is 10.8. The number of rotatable bonds is 4. The van der Waals surface area contributed by atoms with E-state index in [9.17, 15) is 18.0 Å². The molecular weight excluding hydrogens is 377 g/mol. The number of benzene rings is 1. The third kappa shape index (κ3) is 3.01. The standard InChI is InChI=1S/C23H29F3N2O/c24-14-20-8-16-9-21(11-20,17-4-2-1-3-5-17)13-22(10-16,12-20)19(29)28-18-6-7-27-15-23(18,25)26/h1-5,16,18,27H,6-15H2,(H,28,29)/t16?,18?,20-,21+,22?/m0/s1. The van der Waals surface area contributed by atoms with Gasteiger partial charge in [0.25, 0.3) is 5.92 Å².